The first-order chi connectivity index (χ1) is 11.3. The third-order valence-corrected chi connectivity index (χ3v) is 4.09. The van der Waals surface area contributed by atoms with Crippen LogP contribution >= 0.6 is 0 Å². The smallest absolute Gasteiger partial charge is 0.191 e. The highest BCUT2D eigenvalue weighted by Crippen LogP contribution is 2.10. The molecular weight excluding hydrogens is 288 g/mol. The Balaban J connectivity index is 1.66. The second-order valence-electron chi connectivity index (χ2n) is 6.38. The molecule has 0 aliphatic carbocycles. The van der Waals surface area contributed by atoms with Crippen LogP contribution in [0.2, 0.25) is 0 Å². The molecule has 0 saturated carbocycles. The number of guanidine groups is 1. The highest BCUT2D eigenvalue weighted by Gasteiger charge is 2.14. The summed E-state index contributed by atoms with van der Waals surface area (Å²) >= 11 is 0. The zero-order chi connectivity index (χ0) is 16.3. The molecule has 130 valence electrons. The van der Waals surface area contributed by atoms with E-state index in [9.17, 15) is 0 Å². The molecule has 23 heavy (non-hydrogen) atoms. The molecule has 2 rings (SSSR count). The molecule has 0 radical (unpaired) electrons. The lowest BCUT2D eigenvalue weighted by atomic mass is 10.2. The van der Waals surface area contributed by atoms with Crippen LogP contribution in [0.5, 0.6) is 0 Å². The summed E-state index contributed by atoms with van der Waals surface area (Å²) in [5, 5.41) is 11.0. The van der Waals surface area contributed by atoms with Crippen LogP contribution < -0.4 is 10.6 Å². The van der Waals surface area contributed by atoms with Gasteiger partial charge in [0, 0.05) is 45.1 Å². The number of aromatic nitrogens is 2. The normalized spacial score (nSPS) is 17.4. The van der Waals surface area contributed by atoms with E-state index in [1.54, 1.807) is 0 Å². The molecule has 1 aromatic heterocycles. The van der Waals surface area contributed by atoms with Gasteiger partial charge in [0.1, 0.15) is 0 Å². The number of rotatable bonds is 9. The standard InChI is InChI=1S/C17H32N6/c1-3-18-17(19-8-6-12-23-13-7-9-21-23)20-14-16(2)15-22-10-4-5-11-22/h7,9,13,16H,3-6,8,10-12,14-15H2,1-2H3,(H2,18,19,20). The predicted molar refractivity (Wildman–Crippen MR) is 95.7 cm³/mol. The lowest BCUT2D eigenvalue weighted by Crippen LogP contribution is -2.38. The first-order valence-corrected chi connectivity index (χ1v) is 9.00. The van der Waals surface area contributed by atoms with Gasteiger partial charge in [-0.2, -0.15) is 5.10 Å². The van der Waals surface area contributed by atoms with Gasteiger partial charge in [-0.25, -0.2) is 0 Å². The molecule has 6 heteroatoms. The molecule has 2 heterocycles. The fourth-order valence-electron chi connectivity index (χ4n) is 2.93. The van der Waals surface area contributed by atoms with E-state index >= 15 is 0 Å². The molecule has 1 aliphatic heterocycles. The molecule has 2 N–H and O–H groups in total. The van der Waals surface area contributed by atoms with E-state index in [0.717, 1.165) is 38.6 Å². The summed E-state index contributed by atoms with van der Waals surface area (Å²) in [6, 6.07) is 1.96. The molecule has 1 unspecified atom stereocenters. The molecule has 0 bridgehead atoms. The SMILES string of the molecule is CCNC(=NCC(C)CN1CCCC1)NCCCn1cccn1. The van der Waals surface area contributed by atoms with Gasteiger partial charge in [0.25, 0.3) is 0 Å². The van der Waals surface area contributed by atoms with Crippen molar-refractivity contribution >= 4 is 5.96 Å². The summed E-state index contributed by atoms with van der Waals surface area (Å²) in [5.41, 5.74) is 0. The topological polar surface area (TPSA) is 57.5 Å². The van der Waals surface area contributed by atoms with E-state index in [1.165, 1.54) is 32.5 Å². The fourth-order valence-corrected chi connectivity index (χ4v) is 2.93. The van der Waals surface area contributed by atoms with Crippen LogP contribution in [0.4, 0.5) is 0 Å². The van der Waals surface area contributed by atoms with Crippen molar-refractivity contribution in [2.75, 3.05) is 39.3 Å². The van der Waals surface area contributed by atoms with Gasteiger partial charge in [0.15, 0.2) is 5.96 Å². The van der Waals surface area contributed by atoms with Crippen LogP contribution in [0.3, 0.4) is 0 Å². The zero-order valence-corrected chi connectivity index (χ0v) is 14.7. The van der Waals surface area contributed by atoms with Gasteiger partial charge in [0.05, 0.1) is 0 Å². The van der Waals surface area contributed by atoms with Crippen molar-refractivity contribution in [2.45, 2.75) is 39.7 Å². The average Bonchev–Trinajstić information content (AvgIpc) is 3.22. The van der Waals surface area contributed by atoms with Gasteiger partial charge < -0.3 is 15.5 Å². The van der Waals surface area contributed by atoms with Crippen molar-refractivity contribution in [1.29, 1.82) is 0 Å². The summed E-state index contributed by atoms with van der Waals surface area (Å²) in [6.07, 6.45) is 7.57. The Morgan fingerprint density at radius 3 is 2.83 bits per heavy atom. The van der Waals surface area contributed by atoms with E-state index in [0.29, 0.717) is 5.92 Å². The van der Waals surface area contributed by atoms with Crippen LogP contribution in [0.15, 0.2) is 23.5 Å². The van der Waals surface area contributed by atoms with Crippen molar-refractivity contribution in [3.8, 4) is 0 Å². The summed E-state index contributed by atoms with van der Waals surface area (Å²) < 4.78 is 1.96. The van der Waals surface area contributed by atoms with Crippen molar-refractivity contribution in [3.63, 3.8) is 0 Å². The fraction of sp³-hybridized carbons (Fsp3) is 0.765. The summed E-state index contributed by atoms with van der Waals surface area (Å²) in [5.74, 6) is 1.54. The number of nitrogens with one attached hydrogen (secondary N) is 2. The number of likely N-dealkylation sites (tertiary alicyclic amines) is 1. The minimum Gasteiger partial charge on any atom is -0.357 e. The van der Waals surface area contributed by atoms with Gasteiger partial charge in [-0.05, 0) is 51.3 Å². The zero-order valence-electron chi connectivity index (χ0n) is 14.7. The van der Waals surface area contributed by atoms with Gasteiger partial charge in [0.2, 0.25) is 0 Å². The molecule has 0 spiro atoms. The second-order valence-corrected chi connectivity index (χ2v) is 6.38. The first-order valence-electron chi connectivity index (χ1n) is 9.00. The lowest BCUT2D eigenvalue weighted by molar-refractivity contribution is 0.291. The summed E-state index contributed by atoms with van der Waals surface area (Å²) in [4.78, 5) is 7.30. The van der Waals surface area contributed by atoms with Crippen molar-refractivity contribution < 1.29 is 0 Å². The maximum Gasteiger partial charge on any atom is 0.191 e. The number of aryl methyl sites for hydroxylation is 1. The van der Waals surface area contributed by atoms with Crippen LogP contribution in [0, 0.1) is 5.92 Å². The molecular formula is C17H32N6. The number of nitrogens with zero attached hydrogens (tertiary/aromatic N) is 4. The first kappa shape index (κ1) is 17.8. The quantitative estimate of drug-likeness (QED) is 0.412. The molecule has 1 aromatic rings. The molecule has 1 saturated heterocycles. The molecule has 0 amide bonds. The van der Waals surface area contributed by atoms with Crippen LogP contribution in [0.1, 0.15) is 33.1 Å². The highest BCUT2D eigenvalue weighted by atomic mass is 15.3. The number of aliphatic imine (C=N–C) groups is 1. The second kappa shape index (κ2) is 10.3. The Morgan fingerprint density at radius 2 is 2.13 bits per heavy atom. The Morgan fingerprint density at radius 1 is 1.30 bits per heavy atom. The lowest BCUT2D eigenvalue weighted by Gasteiger charge is -2.19. The molecule has 1 aliphatic rings. The van der Waals surface area contributed by atoms with E-state index < -0.39 is 0 Å². The Labute approximate surface area is 140 Å². The van der Waals surface area contributed by atoms with E-state index in [1.807, 2.05) is 23.1 Å². The van der Waals surface area contributed by atoms with Crippen LogP contribution in [-0.2, 0) is 6.54 Å². The average molecular weight is 320 g/mol. The number of hydrogen-bond acceptors (Lipinski definition) is 3. The molecule has 1 atom stereocenters. The van der Waals surface area contributed by atoms with Gasteiger partial charge in [-0.3, -0.25) is 9.67 Å². The monoisotopic (exact) mass is 320 g/mol. The maximum absolute atomic E-state index is 4.74. The van der Waals surface area contributed by atoms with Crippen LogP contribution in [0.25, 0.3) is 0 Å². The Kier molecular flexibility index (Phi) is 7.93. The minimum absolute atomic E-state index is 0.604. The third-order valence-electron chi connectivity index (χ3n) is 4.09. The molecule has 0 aromatic carbocycles. The minimum atomic E-state index is 0.604. The van der Waals surface area contributed by atoms with E-state index in [2.05, 4.69) is 34.5 Å². The third kappa shape index (κ3) is 7.03. The van der Waals surface area contributed by atoms with Crippen molar-refractivity contribution in [1.82, 2.24) is 25.3 Å². The maximum atomic E-state index is 4.74. The van der Waals surface area contributed by atoms with E-state index in [-0.39, 0.29) is 0 Å². The van der Waals surface area contributed by atoms with Crippen molar-refractivity contribution in [3.05, 3.63) is 18.5 Å². The summed E-state index contributed by atoms with van der Waals surface area (Å²) in [7, 11) is 0. The van der Waals surface area contributed by atoms with E-state index in [4.69, 9.17) is 4.99 Å². The summed E-state index contributed by atoms with van der Waals surface area (Å²) in [6.45, 7) is 11.7. The Hall–Kier alpha value is -1.56. The largest absolute Gasteiger partial charge is 0.357 e. The number of hydrogen-bond donors (Lipinski definition) is 2. The molecule has 6 nitrogen and oxygen atoms in total. The van der Waals surface area contributed by atoms with Gasteiger partial charge in [-0.1, -0.05) is 6.92 Å². The van der Waals surface area contributed by atoms with Crippen LogP contribution in [-0.4, -0.2) is 59.9 Å². The molecule has 1 fully saturated rings. The van der Waals surface area contributed by atoms with Crippen molar-refractivity contribution in [2.24, 2.45) is 10.9 Å². The van der Waals surface area contributed by atoms with Gasteiger partial charge in [-0.15, -0.1) is 0 Å². The highest BCUT2D eigenvalue weighted by molar-refractivity contribution is 5.79. The van der Waals surface area contributed by atoms with Gasteiger partial charge >= 0.3 is 0 Å². The Bertz CT molecular complexity index is 436. The predicted octanol–water partition coefficient (Wildman–Crippen LogP) is 1.56.